The summed E-state index contributed by atoms with van der Waals surface area (Å²) < 4.78 is 5.23. The van der Waals surface area contributed by atoms with Crippen molar-refractivity contribution in [3.63, 3.8) is 0 Å². The summed E-state index contributed by atoms with van der Waals surface area (Å²) in [5.41, 5.74) is 1.38. The van der Waals surface area contributed by atoms with Gasteiger partial charge in [-0.15, -0.1) is 11.8 Å². The summed E-state index contributed by atoms with van der Waals surface area (Å²) in [4.78, 5) is 36.7. The maximum Gasteiger partial charge on any atom is 0.339 e. The fraction of sp³-hybridized carbons (Fsp3) is 0.348. The molecule has 5 nitrogen and oxygen atoms in total. The second-order valence-electron chi connectivity index (χ2n) is 7.22. The first-order valence-electron chi connectivity index (χ1n) is 9.59. The van der Waals surface area contributed by atoms with E-state index in [0.717, 1.165) is 12.0 Å². The normalized spacial score (nSPS) is 11.7. The smallest absolute Gasteiger partial charge is 0.339 e. The van der Waals surface area contributed by atoms with Gasteiger partial charge in [-0.25, -0.2) is 4.79 Å². The van der Waals surface area contributed by atoms with Crippen LogP contribution in [0.5, 0.6) is 0 Å². The fourth-order valence-corrected chi connectivity index (χ4v) is 3.66. The van der Waals surface area contributed by atoms with Gasteiger partial charge in [-0.1, -0.05) is 56.3 Å². The highest BCUT2D eigenvalue weighted by Gasteiger charge is 2.19. The van der Waals surface area contributed by atoms with Gasteiger partial charge < -0.3 is 10.1 Å². The molecular formula is C23H27NO4S. The zero-order chi connectivity index (χ0) is 21.2. The lowest BCUT2D eigenvalue weighted by Crippen LogP contribution is -2.33. The minimum atomic E-state index is -0.577. The van der Waals surface area contributed by atoms with Crippen molar-refractivity contribution in [1.29, 1.82) is 0 Å². The predicted octanol–water partition coefficient (Wildman–Crippen LogP) is 4.43. The minimum Gasteiger partial charge on any atom is -0.452 e. The van der Waals surface area contributed by atoms with Gasteiger partial charge in [-0.05, 0) is 37.0 Å². The van der Waals surface area contributed by atoms with Gasteiger partial charge >= 0.3 is 5.97 Å². The van der Waals surface area contributed by atoms with Crippen LogP contribution in [0.25, 0.3) is 0 Å². The average Bonchev–Trinajstić information content (AvgIpc) is 2.70. The van der Waals surface area contributed by atoms with Crippen LogP contribution < -0.4 is 5.32 Å². The number of ketones is 1. The van der Waals surface area contributed by atoms with E-state index in [2.05, 4.69) is 19.2 Å². The maximum absolute atomic E-state index is 12.4. The number of carbonyl (C=O) groups is 3. The molecule has 1 N–H and O–H groups in total. The van der Waals surface area contributed by atoms with Gasteiger partial charge in [0.1, 0.15) is 5.78 Å². The Morgan fingerprint density at radius 3 is 2.31 bits per heavy atom. The number of hydrogen-bond acceptors (Lipinski definition) is 5. The molecule has 2 aromatic carbocycles. The summed E-state index contributed by atoms with van der Waals surface area (Å²) in [7, 11) is 0. The summed E-state index contributed by atoms with van der Waals surface area (Å²) >= 11 is 1.28. The Morgan fingerprint density at radius 1 is 1.00 bits per heavy atom. The van der Waals surface area contributed by atoms with E-state index in [9.17, 15) is 14.4 Å². The van der Waals surface area contributed by atoms with Crippen LogP contribution in [-0.2, 0) is 14.3 Å². The van der Waals surface area contributed by atoms with Gasteiger partial charge in [-0.2, -0.15) is 0 Å². The summed E-state index contributed by atoms with van der Waals surface area (Å²) in [5.74, 6) is -0.227. The van der Waals surface area contributed by atoms with Crippen molar-refractivity contribution in [3.8, 4) is 0 Å². The van der Waals surface area contributed by atoms with Crippen LogP contribution in [0, 0.1) is 5.92 Å². The Kier molecular flexibility index (Phi) is 8.93. The number of Topliss-reactive ketones (excluding diaryl/α,β-unsaturated/α-hetero) is 1. The predicted molar refractivity (Wildman–Crippen MR) is 115 cm³/mol. The molecule has 1 amide bonds. The molecule has 2 rings (SSSR count). The molecule has 154 valence electrons. The molecule has 0 aliphatic heterocycles. The molecule has 0 aliphatic carbocycles. The molecule has 0 fully saturated rings. The third kappa shape index (κ3) is 7.74. The van der Waals surface area contributed by atoms with Crippen LogP contribution in [0.3, 0.4) is 0 Å². The lowest BCUT2D eigenvalue weighted by molar-refractivity contribution is -0.125. The third-order valence-electron chi connectivity index (χ3n) is 4.12. The van der Waals surface area contributed by atoms with E-state index in [1.54, 1.807) is 24.3 Å². The molecule has 0 bridgehead atoms. The van der Waals surface area contributed by atoms with E-state index in [1.165, 1.54) is 18.7 Å². The van der Waals surface area contributed by atoms with Gasteiger partial charge in [-0.3, -0.25) is 9.59 Å². The Bertz CT molecular complexity index is 836. The molecule has 1 atom stereocenters. The van der Waals surface area contributed by atoms with Crippen molar-refractivity contribution < 1.29 is 19.1 Å². The standard InChI is InChI=1S/C23H27NO4S/c1-16(2)13-20(18-9-5-4-6-10-18)24-22(26)14-28-23(27)19-11-7-8-12-21(19)29-15-17(3)25/h4-12,16,20H,13-15H2,1-3H3,(H,24,26)/t20-/m0/s1. The zero-order valence-electron chi connectivity index (χ0n) is 17.0. The highest BCUT2D eigenvalue weighted by atomic mass is 32.2. The second-order valence-corrected chi connectivity index (χ2v) is 8.24. The molecule has 6 heteroatoms. The average molecular weight is 414 g/mol. The second kappa shape index (κ2) is 11.4. The number of hydrogen-bond donors (Lipinski definition) is 1. The molecular weight excluding hydrogens is 386 g/mol. The topological polar surface area (TPSA) is 72.5 Å². The van der Waals surface area contributed by atoms with Crippen molar-refractivity contribution in [3.05, 3.63) is 65.7 Å². The van der Waals surface area contributed by atoms with E-state index in [4.69, 9.17) is 4.74 Å². The number of amides is 1. The molecule has 0 radical (unpaired) electrons. The van der Waals surface area contributed by atoms with Crippen LogP contribution in [-0.4, -0.2) is 30.0 Å². The first-order chi connectivity index (χ1) is 13.9. The zero-order valence-corrected chi connectivity index (χ0v) is 17.8. The lowest BCUT2D eigenvalue weighted by atomic mass is 9.97. The molecule has 0 unspecified atom stereocenters. The molecule has 2 aromatic rings. The van der Waals surface area contributed by atoms with Crippen molar-refractivity contribution in [1.82, 2.24) is 5.32 Å². The summed E-state index contributed by atoms with van der Waals surface area (Å²) in [6.45, 7) is 5.33. The van der Waals surface area contributed by atoms with E-state index in [1.807, 2.05) is 30.3 Å². The molecule has 0 heterocycles. The number of nitrogens with one attached hydrogen (secondary N) is 1. The van der Waals surface area contributed by atoms with Crippen molar-refractivity contribution in [2.45, 2.75) is 38.1 Å². The Balaban J connectivity index is 1.97. The lowest BCUT2D eigenvalue weighted by Gasteiger charge is -2.21. The molecule has 0 saturated heterocycles. The molecule has 0 aromatic heterocycles. The van der Waals surface area contributed by atoms with Crippen molar-refractivity contribution in [2.75, 3.05) is 12.4 Å². The molecule has 29 heavy (non-hydrogen) atoms. The highest BCUT2D eigenvalue weighted by molar-refractivity contribution is 8.00. The van der Waals surface area contributed by atoms with E-state index in [-0.39, 0.29) is 30.1 Å². The van der Waals surface area contributed by atoms with Crippen LogP contribution >= 0.6 is 11.8 Å². The first kappa shape index (κ1) is 22.7. The number of thioether (sulfide) groups is 1. The van der Waals surface area contributed by atoms with Crippen LogP contribution in [0.15, 0.2) is 59.5 Å². The van der Waals surface area contributed by atoms with Crippen molar-refractivity contribution >= 4 is 29.4 Å². The number of carbonyl (C=O) groups excluding carboxylic acids is 3. The van der Waals surface area contributed by atoms with Gasteiger partial charge in [0.15, 0.2) is 6.61 Å². The number of benzene rings is 2. The van der Waals surface area contributed by atoms with Crippen LogP contribution in [0.4, 0.5) is 0 Å². The van der Waals surface area contributed by atoms with Crippen LogP contribution in [0.2, 0.25) is 0 Å². The summed E-state index contributed by atoms with van der Waals surface area (Å²) in [6.07, 6.45) is 0.786. The van der Waals surface area contributed by atoms with E-state index >= 15 is 0 Å². The van der Waals surface area contributed by atoms with E-state index < -0.39 is 5.97 Å². The number of esters is 1. The fourth-order valence-electron chi connectivity index (χ4n) is 2.82. The third-order valence-corrected chi connectivity index (χ3v) is 5.33. The Morgan fingerprint density at radius 2 is 1.66 bits per heavy atom. The van der Waals surface area contributed by atoms with Crippen molar-refractivity contribution in [2.24, 2.45) is 5.92 Å². The monoisotopic (exact) mass is 413 g/mol. The SMILES string of the molecule is CC(=O)CSc1ccccc1C(=O)OCC(=O)N[C@@H](CC(C)C)c1ccccc1. The minimum absolute atomic E-state index is 0.0228. The van der Waals surface area contributed by atoms with Crippen LogP contribution in [0.1, 0.15) is 49.2 Å². The van der Waals surface area contributed by atoms with Gasteiger partial charge in [0.2, 0.25) is 0 Å². The number of rotatable bonds is 10. The maximum atomic E-state index is 12.4. The highest BCUT2D eigenvalue weighted by Crippen LogP contribution is 2.24. The summed E-state index contributed by atoms with van der Waals surface area (Å²) in [6, 6.07) is 16.5. The van der Waals surface area contributed by atoms with Gasteiger partial charge in [0, 0.05) is 4.90 Å². The Labute approximate surface area is 176 Å². The van der Waals surface area contributed by atoms with Gasteiger partial charge in [0.25, 0.3) is 5.91 Å². The van der Waals surface area contributed by atoms with E-state index in [0.29, 0.717) is 16.4 Å². The molecule has 0 saturated carbocycles. The largest absolute Gasteiger partial charge is 0.452 e. The number of ether oxygens (including phenoxy) is 1. The molecule has 0 spiro atoms. The first-order valence-corrected chi connectivity index (χ1v) is 10.6. The summed E-state index contributed by atoms with van der Waals surface area (Å²) in [5, 5.41) is 2.96. The van der Waals surface area contributed by atoms with Gasteiger partial charge in [0.05, 0.1) is 17.4 Å². The Hall–Kier alpha value is -2.60. The molecule has 0 aliphatic rings. The quantitative estimate of drug-likeness (QED) is 0.461.